The Morgan fingerprint density at radius 3 is 2.42 bits per heavy atom. The maximum atomic E-state index is 12.9. The Labute approximate surface area is 163 Å². The van der Waals surface area contributed by atoms with Crippen LogP contribution in [0.5, 0.6) is 0 Å². The van der Waals surface area contributed by atoms with E-state index in [1.165, 1.54) is 11.8 Å². The number of carbonyl (C=O) groups is 1. The minimum atomic E-state index is -3.06. The smallest absolute Gasteiger partial charge is 0.237 e. The van der Waals surface area contributed by atoms with Gasteiger partial charge in [-0.05, 0) is 36.2 Å². The summed E-state index contributed by atoms with van der Waals surface area (Å²) < 4.78 is 23.7. The molecule has 1 amide bonds. The molecule has 1 saturated heterocycles. The monoisotopic (exact) mass is 409 g/mol. The quantitative estimate of drug-likeness (QED) is 0.728. The van der Waals surface area contributed by atoms with Crippen molar-refractivity contribution < 1.29 is 13.2 Å². The molecule has 1 atom stereocenters. The standard InChI is InChI=1S/C19H20ClNO3S2/c20-16-8-6-15(7-9-16)12-25-13-19(22)21(17-4-2-1-3-5-17)18-10-11-26(23,24)14-18/h1-9,18H,10-14H2/t18-/m0/s1. The molecule has 2 aromatic rings. The summed E-state index contributed by atoms with van der Waals surface area (Å²) in [7, 11) is -3.06. The molecule has 7 heteroatoms. The maximum absolute atomic E-state index is 12.9. The van der Waals surface area contributed by atoms with E-state index in [9.17, 15) is 13.2 Å². The topological polar surface area (TPSA) is 54.5 Å². The summed E-state index contributed by atoms with van der Waals surface area (Å²) in [6.45, 7) is 0. The molecule has 0 N–H and O–H groups in total. The van der Waals surface area contributed by atoms with Crippen LogP contribution in [0.3, 0.4) is 0 Å². The molecule has 0 unspecified atom stereocenters. The van der Waals surface area contributed by atoms with E-state index in [1.54, 1.807) is 4.90 Å². The van der Waals surface area contributed by atoms with E-state index >= 15 is 0 Å². The summed E-state index contributed by atoms with van der Waals surface area (Å²) in [5, 5.41) is 0.688. The Hall–Kier alpha value is -1.50. The Bertz CT molecular complexity index is 854. The normalized spacial score (nSPS) is 18.6. The van der Waals surface area contributed by atoms with Crippen LogP contribution in [0.25, 0.3) is 0 Å². The minimum absolute atomic E-state index is 0.0372. The van der Waals surface area contributed by atoms with Gasteiger partial charge < -0.3 is 4.90 Å². The highest BCUT2D eigenvalue weighted by Gasteiger charge is 2.35. The van der Waals surface area contributed by atoms with Gasteiger partial charge in [-0.25, -0.2) is 8.42 Å². The van der Waals surface area contributed by atoms with Crippen LogP contribution in [-0.2, 0) is 20.4 Å². The fraction of sp³-hybridized carbons (Fsp3) is 0.316. The van der Waals surface area contributed by atoms with Crippen LogP contribution < -0.4 is 4.90 Å². The molecule has 0 bridgehead atoms. The van der Waals surface area contributed by atoms with Gasteiger partial charge in [0, 0.05) is 16.5 Å². The van der Waals surface area contributed by atoms with Gasteiger partial charge in [-0.1, -0.05) is 41.9 Å². The molecule has 26 heavy (non-hydrogen) atoms. The van der Waals surface area contributed by atoms with Crippen LogP contribution in [0.15, 0.2) is 54.6 Å². The number of hydrogen-bond acceptors (Lipinski definition) is 4. The van der Waals surface area contributed by atoms with Crippen LogP contribution in [0.4, 0.5) is 5.69 Å². The minimum Gasteiger partial charge on any atom is -0.308 e. The average molecular weight is 410 g/mol. The molecule has 0 radical (unpaired) electrons. The molecule has 0 aliphatic carbocycles. The van der Waals surface area contributed by atoms with Gasteiger partial charge in [0.25, 0.3) is 0 Å². The summed E-state index contributed by atoms with van der Waals surface area (Å²) in [5.41, 5.74) is 1.86. The number of sulfone groups is 1. The summed E-state index contributed by atoms with van der Waals surface area (Å²) in [4.78, 5) is 14.5. The molecule has 3 rings (SSSR count). The van der Waals surface area contributed by atoms with Crippen molar-refractivity contribution in [3.05, 3.63) is 65.2 Å². The van der Waals surface area contributed by atoms with E-state index in [2.05, 4.69) is 0 Å². The summed E-state index contributed by atoms with van der Waals surface area (Å²) in [6.07, 6.45) is 0.491. The predicted molar refractivity (Wildman–Crippen MR) is 109 cm³/mol. The van der Waals surface area contributed by atoms with E-state index in [0.717, 1.165) is 11.3 Å². The first-order chi connectivity index (χ1) is 12.4. The molecule has 0 saturated carbocycles. The molecule has 0 aromatic heterocycles. The number of para-hydroxylation sites is 1. The number of thioether (sulfide) groups is 1. The molecule has 1 aliphatic heterocycles. The first-order valence-corrected chi connectivity index (χ1v) is 11.7. The molecular weight excluding hydrogens is 390 g/mol. The Kier molecular flexibility index (Phi) is 6.27. The van der Waals surface area contributed by atoms with Gasteiger partial charge in [-0.3, -0.25) is 4.79 Å². The molecule has 1 heterocycles. The van der Waals surface area contributed by atoms with Crippen molar-refractivity contribution in [1.82, 2.24) is 0 Å². The number of carbonyl (C=O) groups excluding carboxylic acids is 1. The highest BCUT2D eigenvalue weighted by molar-refractivity contribution is 7.99. The first-order valence-electron chi connectivity index (χ1n) is 8.34. The van der Waals surface area contributed by atoms with Crippen LogP contribution in [-0.4, -0.2) is 37.6 Å². The third-order valence-electron chi connectivity index (χ3n) is 4.28. The largest absolute Gasteiger partial charge is 0.308 e. The van der Waals surface area contributed by atoms with E-state index in [4.69, 9.17) is 11.6 Å². The second-order valence-electron chi connectivity index (χ2n) is 6.28. The van der Waals surface area contributed by atoms with Crippen molar-refractivity contribution in [2.24, 2.45) is 0 Å². The van der Waals surface area contributed by atoms with Gasteiger partial charge in [0.1, 0.15) is 0 Å². The zero-order chi connectivity index (χ0) is 18.6. The highest BCUT2D eigenvalue weighted by atomic mass is 35.5. The SMILES string of the molecule is O=C(CSCc1ccc(Cl)cc1)N(c1ccccc1)[C@H]1CCS(=O)(=O)C1. The Morgan fingerprint density at radius 1 is 1.12 bits per heavy atom. The molecule has 4 nitrogen and oxygen atoms in total. The van der Waals surface area contributed by atoms with Gasteiger partial charge in [0.15, 0.2) is 9.84 Å². The van der Waals surface area contributed by atoms with Crippen LogP contribution >= 0.6 is 23.4 Å². The summed E-state index contributed by atoms with van der Waals surface area (Å²) >= 11 is 7.40. The van der Waals surface area contributed by atoms with Gasteiger partial charge in [-0.15, -0.1) is 11.8 Å². The second-order valence-corrected chi connectivity index (χ2v) is 9.93. The fourth-order valence-corrected chi connectivity index (χ4v) is 5.70. The molecule has 1 aliphatic rings. The summed E-state index contributed by atoms with van der Waals surface area (Å²) in [6, 6.07) is 16.6. The molecule has 0 spiro atoms. The molecule has 138 valence electrons. The van der Waals surface area contributed by atoms with Crippen LogP contribution in [0.1, 0.15) is 12.0 Å². The first kappa shape index (κ1) is 19.3. The third-order valence-corrected chi connectivity index (χ3v) is 7.27. The van der Waals surface area contributed by atoms with Gasteiger partial charge in [0.05, 0.1) is 23.3 Å². The number of hydrogen-bond donors (Lipinski definition) is 0. The Balaban J connectivity index is 1.68. The number of anilines is 1. The van der Waals surface area contributed by atoms with Crippen molar-refractivity contribution in [2.75, 3.05) is 22.2 Å². The number of benzene rings is 2. The van der Waals surface area contributed by atoms with Crippen molar-refractivity contribution in [2.45, 2.75) is 18.2 Å². The fourth-order valence-electron chi connectivity index (χ4n) is 3.03. The lowest BCUT2D eigenvalue weighted by Crippen LogP contribution is -2.42. The molecular formula is C19H20ClNO3S2. The number of nitrogens with zero attached hydrogens (tertiary/aromatic N) is 1. The molecule has 2 aromatic carbocycles. The predicted octanol–water partition coefficient (Wildman–Crippen LogP) is 3.79. The average Bonchev–Trinajstić information content (AvgIpc) is 2.97. The summed E-state index contributed by atoms with van der Waals surface area (Å²) in [5.74, 6) is 1.13. The lowest BCUT2D eigenvalue weighted by atomic mass is 10.2. The van der Waals surface area contributed by atoms with E-state index in [-0.39, 0.29) is 23.5 Å². The Morgan fingerprint density at radius 2 is 1.81 bits per heavy atom. The lowest BCUT2D eigenvalue weighted by Gasteiger charge is -2.28. The van der Waals surface area contributed by atoms with Crippen LogP contribution in [0.2, 0.25) is 5.02 Å². The maximum Gasteiger partial charge on any atom is 0.237 e. The number of rotatable bonds is 6. The van der Waals surface area contributed by atoms with Crippen molar-refractivity contribution >= 4 is 44.8 Å². The highest BCUT2D eigenvalue weighted by Crippen LogP contribution is 2.26. The van der Waals surface area contributed by atoms with Crippen LogP contribution in [0, 0.1) is 0 Å². The van der Waals surface area contributed by atoms with Crippen molar-refractivity contribution in [3.8, 4) is 0 Å². The van der Waals surface area contributed by atoms with Crippen molar-refractivity contribution in [3.63, 3.8) is 0 Å². The second kappa shape index (κ2) is 8.46. The van der Waals surface area contributed by atoms with Crippen molar-refractivity contribution in [1.29, 1.82) is 0 Å². The molecule has 1 fully saturated rings. The zero-order valence-corrected chi connectivity index (χ0v) is 16.6. The van der Waals surface area contributed by atoms with E-state index in [1.807, 2.05) is 54.6 Å². The lowest BCUT2D eigenvalue weighted by molar-refractivity contribution is -0.116. The van der Waals surface area contributed by atoms with Gasteiger partial charge in [0.2, 0.25) is 5.91 Å². The third kappa shape index (κ3) is 5.02. The number of amides is 1. The van der Waals surface area contributed by atoms with E-state index in [0.29, 0.717) is 22.9 Å². The number of halogens is 1. The van der Waals surface area contributed by atoms with E-state index < -0.39 is 9.84 Å². The zero-order valence-electron chi connectivity index (χ0n) is 14.2. The van der Waals surface area contributed by atoms with Gasteiger partial charge in [-0.2, -0.15) is 0 Å². The van der Waals surface area contributed by atoms with Gasteiger partial charge >= 0.3 is 0 Å².